The first kappa shape index (κ1) is 15.3. The van der Waals surface area contributed by atoms with Crippen LogP contribution in [0.15, 0.2) is 27.6 Å². The molecule has 0 aliphatic carbocycles. The fourth-order valence-electron chi connectivity index (χ4n) is 2.29. The van der Waals surface area contributed by atoms with Crippen LogP contribution in [-0.2, 0) is 10.0 Å². The summed E-state index contributed by atoms with van der Waals surface area (Å²) in [6.45, 7) is 1.96. The Kier molecular flexibility index (Phi) is 4.89. The van der Waals surface area contributed by atoms with Crippen molar-refractivity contribution in [2.75, 3.05) is 26.7 Å². The van der Waals surface area contributed by atoms with Crippen LogP contribution in [0, 0.1) is 5.92 Å². The molecule has 1 aliphatic heterocycles. The normalized spacial score (nSPS) is 20.9. The second-order valence-corrected chi connectivity index (χ2v) is 7.73. The van der Waals surface area contributed by atoms with Crippen LogP contribution in [0.4, 0.5) is 0 Å². The number of benzene rings is 1. The molecule has 1 fully saturated rings. The lowest BCUT2D eigenvalue weighted by Crippen LogP contribution is -2.30. The molecule has 4 nitrogen and oxygen atoms in total. The minimum absolute atomic E-state index is 0.241. The molecule has 0 aromatic heterocycles. The SMILES string of the molecule is CNCC1CCN(S(=O)(=O)c2cccc(Cl)c2Br)C1. The van der Waals surface area contributed by atoms with E-state index in [9.17, 15) is 8.42 Å². The molecule has 1 saturated heterocycles. The fourth-order valence-corrected chi connectivity index (χ4v) is 5.02. The Hall–Kier alpha value is -0.140. The molecule has 19 heavy (non-hydrogen) atoms. The maximum atomic E-state index is 12.6. The van der Waals surface area contributed by atoms with Gasteiger partial charge in [-0.3, -0.25) is 0 Å². The highest BCUT2D eigenvalue weighted by atomic mass is 79.9. The van der Waals surface area contributed by atoms with Gasteiger partial charge in [0.1, 0.15) is 0 Å². The predicted octanol–water partition coefficient (Wildman–Crippen LogP) is 2.33. The predicted molar refractivity (Wildman–Crippen MR) is 79.9 cm³/mol. The second kappa shape index (κ2) is 6.10. The number of nitrogens with one attached hydrogen (secondary N) is 1. The smallest absolute Gasteiger partial charge is 0.244 e. The van der Waals surface area contributed by atoms with E-state index in [0.717, 1.165) is 13.0 Å². The summed E-state index contributed by atoms with van der Waals surface area (Å²) in [5.41, 5.74) is 0. The largest absolute Gasteiger partial charge is 0.319 e. The number of nitrogens with zero attached hydrogens (tertiary/aromatic N) is 1. The lowest BCUT2D eigenvalue weighted by Gasteiger charge is -2.18. The van der Waals surface area contributed by atoms with Crippen molar-refractivity contribution in [3.63, 3.8) is 0 Å². The Labute approximate surface area is 127 Å². The van der Waals surface area contributed by atoms with Crippen LogP contribution in [0.25, 0.3) is 0 Å². The van der Waals surface area contributed by atoms with Crippen molar-refractivity contribution in [2.24, 2.45) is 5.92 Å². The number of hydrogen-bond acceptors (Lipinski definition) is 3. The van der Waals surface area contributed by atoms with Gasteiger partial charge >= 0.3 is 0 Å². The van der Waals surface area contributed by atoms with E-state index in [2.05, 4.69) is 21.2 Å². The first-order valence-electron chi connectivity index (χ1n) is 6.05. The summed E-state index contributed by atoms with van der Waals surface area (Å²) in [7, 11) is -1.59. The summed E-state index contributed by atoms with van der Waals surface area (Å²) in [6, 6.07) is 4.90. The van der Waals surface area contributed by atoms with Crippen LogP contribution in [-0.4, -0.2) is 39.4 Å². The highest BCUT2D eigenvalue weighted by Gasteiger charge is 2.33. The minimum Gasteiger partial charge on any atom is -0.319 e. The lowest BCUT2D eigenvalue weighted by atomic mass is 10.1. The Bertz CT molecular complexity index is 565. The number of halogens is 2. The zero-order valence-corrected chi connectivity index (χ0v) is 13.7. The number of hydrogen-bond donors (Lipinski definition) is 1. The third-order valence-electron chi connectivity index (χ3n) is 3.28. The quantitative estimate of drug-likeness (QED) is 0.888. The fraction of sp³-hybridized carbons (Fsp3) is 0.500. The monoisotopic (exact) mass is 366 g/mol. The average Bonchev–Trinajstić information content (AvgIpc) is 2.82. The highest BCUT2D eigenvalue weighted by Crippen LogP contribution is 2.33. The van der Waals surface area contributed by atoms with Gasteiger partial charge in [0.15, 0.2) is 0 Å². The van der Waals surface area contributed by atoms with Crippen molar-refractivity contribution in [2.45, 2.75) is 11.3 Å². The number of sulfonamides is 1. The van der Waals surface area contributed by atoms with Crippen LogP contribution in [0.2, 0.25) is 5.02 Å². The molecule has 0 radical (unpaired) electrons. The summed E-state index contributed by atoms with van der Waals surface area (Å²) < 4.78 is 27.1. The van der Waals surface area contributed by atoms with Crippen LogP contribution in [0.5, 0.6) is 0 Å². The van der Waals surface area contributed by atoms with Crippen LogP contribution in [0.3, 0.4) is 0 Å². The molecule has 1 aromatic rings. The van der Waals surface area contributed by atoms with E-state index in [-0.39, 0.29) is 4.90 Å². The molecule has 1 unspecified atom stereocenters. The van der Waals surface area contributed by atoms with E-state index in [1.54, 1.807) is 18.2 Å². The van der Waals surface area contributed by atoms with E-state index in [0.29, 0.717) is 28.5 Å². The Morgan fingerprint density at radius 1 is 1.53 bits per heavy atom. The van der Waals surface area contributed by atoms with E-state index in [1.807, 2.05) is 7.05 Å². The summed E-state index contributed by atoms with van der Waals surface area (Å²) in [4.78, 5) is 0.241. The van der Waals surface area contributed by atoms with E-state index in [4.69, 9.17) is 11.6 Å². The van der Waals surface area contributed by atoms with Gasteiger partial charge in [-0.25, -0.2) is 8.42 Å². The van der Waals surface area contributed by atoms with Gasteiger partial charge in [-0.15, -0.1) is 0 Å². The van der Waals surface area contributed by atoms with Gasteiger partial charge in [0, 0.05) is 13.1 Å². The summed E-state index contributed by atoms with van der Waals surface area (Å²) in [5.74, 6) is 0.373. The Morgan fingerprint density at radius 3 is 2.95 bits per heavy atom. The van der Waals surface area contributed by atoms with E-state index < -0.39 is 10.0 Å². The molecule has 1 atom stereocenters. The Morgan fingerprint density at radius 2 is 2.26 bits per heavy atom. The summed E-state index contributed by atoms with van der Waals surface area (Å²) in [5, 5.41) is 3.50. The van der Waals surface area contributed by atoms with Crippen molar-refractivity contribution < 1.29 is 8.42 Å². The first-order valence-corrected chi connectivity index (χ1v) is 8.66. The number of rotatable bonds is 4. The van der Waals surface area contributed by atoms with Crippen LogP contribution in [0.1, 0.15) is 6.42 Å². The molecule has 0 amide bonds. The standard InChI is InChI=1S/C12H16BrClN2O2S/c1-15-7-9-5-6-16(8-9)19(17,18)11-4-2-3-10(14)12(11)13/h2-4,9,15H,5-8H2,1H3. The third kappa shape index (κ3) is 3.13. The zero-order valence-electron chi connectivity index (χ0n) is 10.6. The zero-order chi connectivity index (χ0) is 14.0. The maximum absolute atomic E-state index is 12.6. The Balaban J connectivity index is 2.26. The third-order valence-corrected chi connectivity index (χ3v) is 6.84. The van der Waals surface area contributed by atoms with Gasteiger partial charge < -0.3 is 5.32 Å². The molecule has 106 valence electrons. The van der Waals surface area contributed by atoms with Gasteiger partial charge in [0.2, 0.25) is 10.0 Å². The molecule has 1 N–H and O–H groups in total. The van der Waals surface area contributed by atoms with Crippen molar-refractivity contribution in [3.8, 4) is 0 Å². The van der Waals surface area contributed by atoms with Crippen LogP contribution >= 0.6 is 27.5 Å². The van der Waals surface area contributed by atoms with Crippen molar-refractivity contribution in [1.29, 1.82) is 0 Å². The molecule has 0 saturated carbocycles. The van der Waals surface area contributed by atoms with E-state index >= 15 is 0 Å². The topological polar surface area (TPSA) is 49.4 Å². The van der Waals surface area contributed by atoms with Crippen molar-refractivity contribution >= 4 is 37.6 Å². The van der Waals surface area contributed by atoms with Crippen LogP contribution < -0.4 is 5.32 Å². The average molecular weight is 368 g/mol. The van der Waals surface area contributed by atoms with Crippen molar-refractivity contribution in [3.05, 3.63) is 27.7 Å². The molecule has 1 heterocycles. The minimum atomic E-state index is -3.47. The van der Waals surface area contributed by atoms with Gasteiger partial charge in [-0.1, -0.05) is 17.7 Å². The van der Waals surface area contributed by atoms with Gasteiger partial charge in [-0.2, -0.15) is 4.31 Å². The maximum Gasteiger partial charge on any atom is 0.244 e. The first-order chi connectivity index (χ1) is 8.96. The summed E-state index contributed by atoms with van der Waals surface area (Å²) in [6.07, 6.45) is 0.887. The molecule has 2 rings (SSSR count). The molecule has 1 aromatic carbocycles. The second-order valence-electron chi connectivity index (χ2n) is 4.63. The van der Waals surface area contributed by atoms with Gasteiger partial charge in [0.05, 0.1) is 14.4 Å². The molecule has 7 heteroatoms. The van der Waals surface area contributed by atoms with Gasteiger partial charge in [0.25, 0.3) is 0 Å². The highest BCUT2D eigenvalue weighted by molar-refractivity contribution is 9.10. The molecule has 0 bridgehead atoms. The molecule has 0 spiro atoms. The van der Waals surface area contributed by atoms with Gasteiger partial charge in [-0.05, 0) is 54.0 Å². The molecular formula is C12H16BrClN2O2S. The van der Waals surface area contributed by atoms with E-state index in [1.165, 1.54) is 4.31 Å². The molecular weight excluding hydrogens is 352 g/mol. The van der Waals surface area contributed by atoms with Crippen molar-refractivity contribution in [1.82, 2.24) is 9.62 Å². The lowest BCUT2D eigenvalue weighted by molar-refractivity contribution is 0.451. The summed E-state index contributed by atoms with van der Waals surface area (Å²) >= 11 is 9.22. The molecule has 1 aliphatic rings.